The summed E-state index contributed by atoms with van der Waals surface area (Å²) in [6, 6.07) is 24.3. The molecule has 1 fully saturated rings. The van der Waals surface area contributed by atoms with Crippen molar-refractivity contribution in [2.45, 2.75) is 56.3 Å². The van der Waals surface area contributed by atoms with Crippen molar-refractivity contribution in [2.24, 2.45) is 0 Å². The molecule has 8 nitrogen and oxygen atoms in total. The molecule has 0 aromatic heterocycles. The summed E-state index contributed by atoms with van der Waals surface area (Å²) in [6.45, 7) is 3.51. The van der Waals surface area contributed by atoms with Crippen LogP contribution in [0.25, 0.3) is 0 Å². The van der Waals surface area contributed by atoms with Crippen molar-refractivity contribution in [3.8, 4) is 5.75 Å². The van der Waals surface area contributed by atoms with E-state index in [0.29, 0.717) is 18.8 Å². The molecule has 0 spiro atoms. The quantitative estimate of drug-likeness (QED) is 0.436. The standard InChI is InChI=1S/C32H37N3O5S/c1-24(36)34-19-18-27-12-13-28(35(27)20-25-8-4-3-5-9-25)22-33(21-26-10-6-7-11-31(26)34)32(37)23-41(38,39)30-16-14-29(40-2)15-17-30/h3-11,14-17,27-28H,12-13,18-23H2,1-2H3/t27-,28+/m0/s1. The molecule has 2 bridgehead atoms. The van der Waals surface area contributed by atoms with Crippen molar-refractivity contribution in [2.75, 3.05) is 30.9 Å². The number of amides is 2. The normalized spacial score (nSPS) is 19.8. The maximum absolute atomic E-state index is 13.8. The number of ether oxygens (including phenoxy) is 1. The van der Waals surface area contributed by atoms with Gasteiger partial charge in [0.05, 0.1) is 12.0 Å². The first-order chi connectivity index (χ1) is 19.7. The van der Waals surface area contributed by atoms with Gasteiger partial charge in [-0.3, -0.25) is 14.5 Å². The van der Waals surface area contributed by atoms with Gasteiger partial charge in [-0.15, -0.1) is 0 Å². The van der Waals surface area contributed by atoms with Crippen LogP contribution in [0.15, 0.2) is 83.8 Å². The van der Waals surface area contributed by atoms with Gasteiger partial charge in [-0.2, -0.15) is 0 Å². The number of carbonyl (C=O) groups is 2. The van der Waals surface area contributed by atoms with Crippen LogP contribution in [-0.4, -0.2) is 68.1 Å². The van der Waals surface area contributed by atoms with Gasteiger partial charge in [-0.05, 0) is 60.7 Å². The molecule has 0 N–H and O–H groups in total. The number of para-hydroxylation sites is 1. The second kappa shape index (κ2) is 12.4. The Labute approximate surface area is 242 Å². The number of sulfone groups is 1. The van der Waals surface area contributed by atoms with Crippen molar-refractivity contribution >= 4 is 27.3 Å². The first-order valence-electron chi connectivity index (χ1n) is 14.1. The molecular formula is C32H37N3O5S. The highest BCUT2D eigenvalue weighted by Crippen LogP contribution is 2.33. The Hall–Kier alpha value is -3.69. The van der Waals surface area contributed by atoms with E-state index in [9.17, 15) is 18.0 Å². The van der Waals surface area contributed by atoms with Gasteiger partial charge in [0.25, 0.3) is 0 Å². The first kappa shape index (κ1) is 28.8. The zero-order valence-electron chi connectivity index (χ0n) is 23.6. The fourth-order valence-corrected chi connectivity index (χ4v) is 7.27. The average molecular weight is 576 g/mol. The molecule has 2 heterocycles. The second-order valence-electron chi connectivity index (χ2n) is 10.8. The van der Waals surface area contributed by atoms with E-state index in [1.165, 1.54) is 24.8 Å². The lowest BCUT2D eigenvalue weighted by molar-refractivity contribution is -0.130. The largest absolute Gasteiger partial charge is 0.497 e. The van der Waals surface area contributed by atoms with Crippen LogP contribution in [0.2, 0.25) is 0 Å². The maximum atomic E-state index is 13.8. The molecule has 5 rings (SSSR count). The van der Waals surface area contributed by atoms with Gasteiger partial charge in [0, 0.05) is 50.9 Å². The molecule has 0 saturated carbocycles. The van der Waals surface area contributed by atoms with Crippen LogP contribution in [0.5, 0.6) is 5.75 Å². The van der Waals surface area contributed by atoms with Crippen molar-refractivity contribution in [3.63, 3.8) is 0 Å². The summed E-state index contributed by atoms with van der Waals surface area (Å²) >= 11 is 0. The van der Waals surface area contributed by atoms with Gasteiger partial charge < -0.3 is 14.5 Å². The van der Waals surface area contributed by atoms with Gasteiger partial charge >= 0.3 is 0 Å². The minimum atomic E-state index is -3.88. The lowest BCUT2D eigenvalue weighted by Gasteiger charge is -2.34. The Bertz CT molecular complexity index is 1480. The number of fused-ring (bicyclic) bond motifs is 3. The number of rotatable bonds is 6. The number of nitrogens with zero attached hydrogens (tertiary/aromatic N) is 3. The smallest absolute Gasteiger partial charge is 0.238 e. The fourth-order valence-electron chi connectivity index (χ4n) is 6.04. The summed E-state index contributed by atoms with van der Waals surface area (Å²) in [5.41, 5.74) is 2.78. The maximum Gasteiger partial charge on any atom is 0.238 e. The van der Waals surface area contributed by atoms with E-state index in [-0.39, 0.29) is 29.4 Å². The van der Waals surface area contributed by atoms with E-state index < -0.39 is 21.5 Å². The number of hydrogen-bond acceptors (Lipinski definition) is 6. The Kier molecular flexibility index (Phi) is 8.75. The lowest BCUT2D eigenvalue weighted by Crippen LogP contribution is -2.46. The molecule has 2 aliphatic heterocycles. The Morgan fingerprint density at radius 1 is 0.878 bits per heavy atom. The van der Waals surface area contributed by atoms with Crippen LogP contribution in [0.4, 0.5) is 5.69 Å². The van der Waals surface area contributed by atoms with Crippen LogP contribution >= 0.6 is 0 Å². The van der Waals surface area contributed by atoms with E-state index in [0.717, 1.165) is 37.1 Å². The molecule has 9 heteroatoms. The molecular weight excluding hydrogens is 538 g/mol. The summed E-state index contributed by atoms with van der Waals surface area (Å²) < 4.78 is 31.8. The topological polar surface area (TPSA) is 87.2 Å². The summed E-state index contributed by atoms with van der Waals surface area (Å²) in [5.74, 6) is -0.594. The third kappa shape index (κ3) is 6.63. The molecule has 0 unspecified atom stereocenters. The summed E-state index contributed by atoms with van der Waals surface area (Å²) in [6.07, 6.45) is 2.67. The van der Waals surface area contributed by atoms with Crippen molar-refractivity contribution < 1.29 is 22.7 Å². The predicted octanol–water partition coefficient (Wildman–Crippen LogP) is 4.29. The number of methoxy groups -OCH3 is 1. The molecule has 2 atom stereocenters. The summed E-state index contributed by atoms with van der Waals surface area (Å²) in [7, 11) is -2.37. The molecule has 3 aromatic rings. The highest BCUT2D eigenvalue weighted by atomic mass is 32.2. The number of carbonyl (C=O) groups excluding carboxylic acids is 2. The molecule has 0 aliphatic carbocycles. The highest BCUT2D eigenvalue weighted by Gasteiger charge is 2.37. The van der Waals surface area contributed by atoms with Gasteiger partial charge in [-0.25, -0.2) is 8.42 Å². The third-order valence-corrected chi connectivity index (χ3v) is 9.82. The Morgan fingerprint density at radius 3 is 2.27 bits per heavy atom. The lowest BCUT2D eigenvalue weighted by atomic mass is 10.1. The Morgan fingerprint density at radius 2 is 1.56 bits per heavy atom. The number of benzene rings is 3. The van der Waals surface area contributed by atoms with Crippen molar-refractivity contribution in [1.29, 1.82) is 0 Å². The zero-order chi connectivity index (χ0) is 29.0. The van der Waals surface area contributed by atoms with Gasteiger partial charge in [0.15, 0.2) is 9.84 Å². The van der Waals surface area contributed by atoms with Crippen molar-refractivity contribution in [1.82, 2.24) is 9.80 Å². The van der Waals surface area contributed by atoms with Crippen molar-refractivity contribution in [3.05, 3.63) is 90.0 Å². The van der Waals surface area contributed by atoms with E-state index >= 15 is 0 Å². The van der Waals surface area contributed by atoms with E-state index in [2.05, 4.69) is 17.0 Å². The molecule has 0 radical (unpaired) electrons. The minimum Gasteiger partial charge on any atom is -0.497 e. The number of hydrogen-bond donors (Lipinski definition) is 0. The number of anilines is 1. The summed E-state index contributed by atoms with van der Waals surface area (Å²) in [5, 5.41) is 0. The van der Waals surface area contributed by atoms with Crippen LogP contribution in [0, 0.1) is 0 Å². The average Bonchev–Trinajstić information content (AvgIpc) is 3.32. The van der Waals surface area contributed by atoms with E-state index in [4.69, 9.17) is 4.74 Å². The van der Waals surface area contributed by atoms with Gasteiger partial charge in [-0.1, -0.05) is 48.5 Å². The van der Waals surface area contributed by atoms with Crippen LogP contribution < -0.4 is 9.64 Å². The van der Waals surface area contributed by atoms with E-state index in [1.54, 1.807) is 28.9 Å². The first-order valence-corrected chi connectivity index (χ1v) is 15.7. The van der Waals surface area contributed by atoms with Crippen LogP contribution in [-0.2, 0) is 32.5 Å². The monoisotopic (exact) mass is 575 g/mol. The molecule has 41 heavy (non-hydrogen) atoms. The minimum absolute atomic E-state index is 0.0548. The molecule has 216 valence electrons. The molecule has 2 amide bonds. The highest BCUT2D eigenvalue weighted by molar-refractivity contribution is 7.92. The fraction of sp³-hybridized carbons (Fsp3) is 0.375. The van der Waals surface area contributed by atoms with Gasteiger partial charge in [0.1, 0.15) is 11.5 Å². The third-order valence-electron chi connectivity index (χ3n) is 8.20. The SMILES string of the molecule is COc1ccc(S(=O)(=O)CC(=O)N2Cc3ccccc3N(C(C)=O)CC[C@@H]3CC[C@H](C2)N3Cc2ccccc2)cc1. The Balaban J connectivity index is 1.49. The second-order valence-corrected chi connectivity index (χ2v) is 12.8. The summed E-state index contributed by atoms with van der Waals surface area (Å²) in [4.78, 5) is 32.7. The zero-order valence-corrected chi connectivity index (χ0v) is 24.4. The molecule has 3 aromatic carbocycles. The molecule has 2 aliphatic rings. The van der Waals surface area contributed by atoms with Crippen LogP contribution in [0.1, 0.15) is 37.3 Å². The van der Waals surface area contributed by atoms with Gasteiger partial charge in [0.2, 0.25) is 11.8 Å². The predicted molar refractivity (Wildman–Crippen MR) is 158 cm³/mol. The van der Waals surface area contributed by atoms with Crippen LogP contribution in [0.3, 0.4) is 0 Å². The molecule has 1 saturated heterocycles. The van der Waals surface area contributed by atoms with E-state index in [1.807, 2.05) is 42.5 Å².